The van der Waals surface area contributed by atoms with E-state index in [1.165, 1.54) is 0 Å². The topological polar surface area (TPSA) is 54.0 Å². The van der Waals surface area contributed by atoms with Gasteiger partial charge in [0.15, 0.2) is 0 Å². The van der Waals surface area contributed by atoms with Gasteiger partial charge >= 0.3 is 0 Å². The predicted molar refractivity (Wildman–Crippen MR) is 84.2 cm³/mol. The van der Waals surface area contributed by atoms with Gasteiger partial charge in [-0.2, -0.15) is 0 Å². The molecule has 1 atom stereocenters. The molecule has 1 rings (SSSR count). The van der Waals surface area contributed by atoms with Crippen molar-refractivity contribution in [2.75, 3.05) is 18.9 Å². The molecule has 0 aromatic carbocycles. The summed E-state index contributed by atoms with van der Waals surface area (Å²) in [6, 6.07) is 3.67. The highest BCUT2D eigenvalue weighted by molar-refractivity contribution is 5.95. The minimum Gasteiger partial charge on any atom is -0.373 e. The summed E-state index contributed by atoms with van der Waals surface area (Å²) < 4.78 is 0. The molecule has 0 radical (unpaired) electrons. The first kappa shape index (κ1) is 16.5. The number of pyridine rings is 1. The Morgan fingerprint density at radius 1 is 1.20 bits per heavy atom. The molecule has 4 nitrogen and oxygen atoms in total. The highest BCUT2D eigenvalue weighted by atomic mass is 16.1. The Balaban J connectivity index is 2.84. The van der Waals surface area contributed by atoms with Crippen molar-refractivity contribution in [2.24, 2.45) is 11.8 Å². The fraction of sp³-hybridized carbons (Fsp3) is 0.625. The van der Waals surface area contributed by atoms with Gasteiger partial charge in [-0.25, -0.2) is 4.98 Å². The Kier molecular flexibility index (Phi) is 5.99. The lowest BCUT2D eigenvalue weighted by molar-refractivity contribution is 0.0944. The van der Waals surface area contributed by atoms with Gasteiger partial charge in [-0.3, -0.25) is 4.79 Å². The van der Waals surface area contributed by atoms with Gasteiger partial charge in [-0.15, -0.1) is 0 Å². The van der Waals surface area contributed by atoms with E-state index in [1.807, 2.05) is 13.1 Å². The molecule has 1 heterocycles. The number of carbonyl (C=O) groups excluding carboxylic acids is 1. The number of amides is 1. The fourth-order valence-corrected chi connectivity index (χ4v) is 1.70. The number of carbonyl (C=O) groups is 1. The van der Waals surface area contributed by atoms with Crippen LogP contribution in [-0.4, -0.2) is 24.5 Å². The Labute approximate surface area is 122 Å². The first-order valence-corrected chi connectivity index (χ1v) is 7.33. The summed E-state index contributed by atoms with van der Waals surface area (Å²) >= 11 is 0. The van der Waals surface area contributed by atoms with Crippen LogP contribution in [-0.2, 0) is 0 Å². The summed E-state index contributed by atoms with van der Waals surface area (Å²) in [5.74, 6) is 2.03. The minimum atomic E-state index is -0.0294. The minimum absolute atomic E-state index is 0.0294. The second-order valence-corrected chi connectivity index (χ2v) is 6.00. The first-order valence-electron chi connectivity index (χ1n) is 7.33. The van der Waals surface area contributed by atoms with Crippen molar-refractivity contribution < 1.29 is 4.79 Å². The van der Waals surface area contributed by atoms with Crippen LogP contribution >= 0.6 is 0 Å². The Hall–Kier alpha value is -1.58. The van der Waals surface area contributed by atoms with E-state index in [2.05, 4.69) is 50.2 Å². The molecule has 1 aromatic rings. The number of hydrogen-bond acceptors (Lipinski definition) is 3. The third kappa shape index (κ3) is 4.51. The smallest absolute Gasteiger partial charge is 0.251 e. The number of rotatable bonds is 6. The number of anilines is 1. The molecule has 0 aliphatic carbocycles. The molecule has 0 spiro atoms. The van der Waals surface area contributed by atoms with Gasteiger partial charge in [0.2, 0.25) is 0 Å². The molecule has 0 aliphatic rings. The number of nitrogens with zero attached hydrogens (tertiary/aromatic N) is 1. The maximum Gasteiger partial charge on any atom is 0.251 e. The van der Waals surface area contributed by atoms with E-state index >= 15 is 0 Å². The molecule has 112 valence electrons. The Morgan fingerprint density at radius 2 is 1.85 bits per heavy atom. The van der Waals surface area contributed by atoms with Gasteiger partial charge in [0, 0.05) is 24.8 Å². The molecule has 20 heavy (non-hydrogen) atoms. The molecule has 1 amide bonds. The monoisotopic (exact) mass is 277 g/mol. The highest BCUT2D eigenvalue weighted by Gasteiger charge is 2.13. The fourth-order valence-electron chi connectivity index (χ4n) is 1.70. The van der Waals surface area contributed by atoms with Crippen LogP contribution in [0.2, 0.25) is 0 Å². The van der Waals surface area contributed by atoms with Crippen molar-refractivity contribution >= 4 is 11.7 Å². The maximum atomic E-state index is 12.2. The third-order valence-corrected chi connectivity index (χ3v) is 3.68. The van der Waals surface area contributed by atoms with Crippen molar-refractivity contribution in [1.82, 2.24) is 10.3 Å². The molecule has 0 aliphatic heterocycles. The number of aromatic nitrogens is 1. The van der Waals surface area contributed by atoms with E-state index in [0.29, 0.717) is 29.9 Å². The van der Waals surface area contributed by atoms with Crippen molar-refractivity contribution in [1.29, 1.82) is 0 Å². The standard InChI is InChI=1S/C16H27N3O/c1-10(2)12(5)9-18-16(20)13-7-14(11(3)4)19-15(8-13)17-6/h7-8,10-12H,9H2,1-6H3,(H,17,19)(H,18,20). The van der Waals surface area contributed by atoms with Gasteiger partial charge < -0.3 is 10.6 Å². The van der Waals surface area contributed by atoms with Crippen LogP contribution in [0.3, 0.4) is 0 Å². The van der Waals surface area contributed by atoms with Gasteiger partial charge in [-0.1, -0.05) is 34.6 Å². The van der Waals surface area contributed by atoms with E-state index in [4.69, 9.17) is 0 Å². The van der Waals surface area contributed by atoms with Gasteiger partial charge in [0.05, 0.1) is 0 Å². The molecule has 4 heteroatoms. The number of hydrogen-bond donors (Lipinski definition) is 2. The van der Waals surface area contributed by atoms with Gasteiger partial charge in [0.1, 0.15) is 5.82 Å². The maximum absolute atomic E-state index is 12.2. The van der Waals surface area contributed by atoms with E-state index in [0.717, 1.165) is 11.5 Å². The zero-order valence-electron chi connectivity index (χ0n) is 13.4. The highest BCUT2D eigenvalue weighted by Crippen LogP contribution is 2.17. The lowest BCUT2D eigenvalue weighted by Crippen LogP contribution is -2.30. The van der Waals surface area contributed by atoms with E-state index in [-0.39, 0.29) is 5.91 Å². The largest absolute Gasteiger partial charge is 0.373 e. The molecule has 2 N–H and O–H groups in total. The van der Waals surface area contributed by atoms with Gasteiger partial charge in [-0.05, 0) is 29.9 Å². The molecule has 1 aromatic heterocycles. The first-order chi connectivity index (χ1) is 9.35. The van der Waals surface area contributed by atoms with Crippen LogP contribution in [0.5, 0.6) is 0 Å². The van der Waals surface area contributed by atoms with Crippen LogP contribution in [0.15, 0.2) is 12.1 Å². The zero-order chi connectivity index (χ0) is 15.3. The molecular formula is C16H27N3O. The van der Waals surface area contributed by atoms with E-state index in [9.17, 15) is 4.79 Å². The molecular weight excluding hydrogens is 250 g/mol. The quantitative estimate of drug-likeness (QED) is 0.839. The van der Waals surface area contributed by atoms with Gasteiger partial charge in [0.25, 0.3) is 5.91 Å². The van der Waals surface area contributed by atoms with Crippen LogP contribution in [0.25, 0.3) is 0 Å². The third-order valence-electron chi connectivity index (χ3n) is 3.68. The Bertz CT molecular complexity index is 455. The Morgan fingerprint density at radius 3 is 2.35 bits per heavy atom. The summed E-state index contributed by atoms with van der Waals surface area (Å²) in [7, 11) is 1.81. The summed E-state index contributed by atoms with van der Waals surface area (Å²) in [5.41, 5.74) is 1.60. The molecule has 1 unspecified atom stereocenters. The molecule has 0 bridgehead atoms. The average molecular weight is 277 g/mol. The normalized spacial score (nSPS) is 12.6. The zero-order valence-corrected chi connectivity index (χ0v) is 13.4. The van der Waals surface area contributed by atoms with Crippen LogP contribution in [0.1, 0.15) is 56.6 Å². The SMILES string of the molecule is CNc1cc(C(=O)NCC(C)C(C)C)cc(C(C)C)n1. The van der Waals surface area contributed by atoms with Crippen molar-refractivity contribution in [3.05, 3.63) is 23.4 Å². The van der Waals surface area contributed by atoms with Crippen LogP contribution in [0, 0.1) is 11.8 Å². The molecule has 0 fully saturated rings. The lowest BCUT2D eigenvalue weighted by atomic mass is 9.98. The molecule has 0 saturated carbocycles. The van der Waals surface area contributed by atoms with E-state index < -0.39 is 0 Å². The number of nitrogens with one attached hydrogen (secondary N) is 2. The summed E-state index contributed by atoms with van der Waals surface area (Å²) in [6.07, 6.45) is 0. The van der Waals surface area contributed by atoms with Crippen molar-refractivity contribution in [3.8, 4) is 0 Å². The summed E-state index contributed by atoms with van der Waals surface area (Å²) in [5, 5.41) is 6.01. The molecule has 0 saturated heterocycles. The van der Waals surface area contributed by atoms with Crippen molar-refractivity contribution in [2.45, 2.75) is 40.5 Å². The lowest BCUT2D eigenvalue weighted by Gasteiger charge is -2.16. The second-order valence-electron chi connectivity index (χ2n) is 6.00. The second kappa shape index (κ2) is 7.27. The van der Waals surface area contributed by atoms with E-state index in [1.54, 1.807) is 6.07 Å². The summed E-state index contributed by atoms with van der Waals surface area (Å²) in [4.78, 5) is 16.7. The average Bonchev–Trinajstić information content (AvgIpc) is 2.43. The van der Waals surface area contributed by atoms with Crippen molar-refractivity contribution in [3.63, 3.8) is 0 Å². The summed E-state index contributed by atoms with van der Waals surface area (Å²) in [6.45, 7) is 11.3. The van der Waals surface area contributed by atoms with Crippen LogP contribution < -0.4 is 10.6 Å². The predicted octanol–water partition coefficient (Wildman–Crippen LogP) is 3.27. The van der Waals surface area contributed by atoms with Crippen LogP contribution in [0.4, 0.5) is 5.82 Å².